The standard InChI is InChI=1S/C17H20ClN3/c1-21(12-13-2-4-15(18)5-3-13)17-11-19-9-8-14(17)10-20-16-6-7-16/h2-5,8-9,11,16,20H,6-7,10,12H2,1H3. The second-order valence-corrected chi connectivity index (χ2v) is 6.08. The van der Waals surface area contributed by atoms with E-state index in [9.17, 15) is 0 Å². The first-order chi connectivity index (χ1) is 10.2. The van der Waals surface area contributed by atoms with Crippen molar-refractivity contribution in [1.29, 1.82) is 0 Å². The number of aromatic nitrogens is 1. The summed E-state index contributed by atoms with van der Waals surface area (Å²) in [5.41, 5.74) is 3.72. The summed E-state index contributed by atoms with van der Waals surface area (Å²) in [6.45, 7) is 1.76. The van der Waals surface area contributed by atoms with Crippen LogP contribution in [0.3, 0.4) is 0 Å². The van der Waals surface area contributed by atoms with Crippen LogP contribution in [-0.4, -0.2) is 18.1 Å². The molecule has 2 aromatic rings. The van der Waals surface area contributed by atoms with Crippen LogP contribution < -0.4 is 10.2 Å². The fourth-order valence-electron chi connectivity index (χ4n) is 2.40. The first kappa shape index (κ1) is 14.4. The number of anilines is 1. The molecule has 1 aliphatic carbocycles. The van der Waals surface area contributed by atoms with E-state index in [0.29, 0.717) is 6.04 Å². The van der Waals surface area contributed by atoms with Crippen molar-refractivity contribution < 1.29 is 0 Å². The maximum atomic E-state index is 5.94. The van der Waals surface area contributed by atoms with Gasteiger partial charge in [-0.2, -0.15) is 0 Å². The molecule has 0 amide bonds. The van der Waals surface area contributed by atoms with Crippen LogP contribution in [0.2, 0.25) is 5.02 Å². The molecule has 1 aromatic carbocycles. The van der Waals surface area contributed by atoms with Crippen LogP contribution in [0.25, 0.3) is 0 Å². The van der Waals surface area contributed by atoms with Gasteiger partial charge in [-0.25, -0.2) is 0 Å². The molecule has 3 nitrogen and oxygen atoms in total. The number of nitrogens with one attached hydrogen (secondary N) is 1. The molecule has 1 fully saturated rings. The van der Waals surface area contributed by atoms with Crippen molar-refractivity contribution in [3.05, 3.63) is 58.9 Å². The van der Waals surface area contributed by atoms with Gasteiger partial charge in [0.2, 0.25) is 0 Å². The van der Waals surface area contributed by atoms with E-state index in [-0.39, 0.29) is 0 Å². The molecular weight excluding hydrogens is 282 g/mol. The Kier molecular flexibility index (Phi) is 4.42. The highest BCUT2D eigenvalue weighted by molar-refractivity contribution is 6.30. The van der Waals surface area contributed by atoms with Crippen molar-refractivity contribution in [2.24, 2.45) is 0 Å². The smallest absolute Gasteiger partial charge is 0.0598 e. The van der Waals surface area contributed by atoms with Crippen LogP contribution in [0.4, 0.5) is 5.69 Å². The summed E-state index contributed by atoms with van der Waals surface area (Å²) in [5, 5.41) is 4.34. The quantitative estimate of drug-likeness (QED) is 0.883. The van der Waals surface area contributed by atoms with Crippen molar-refractivity contribution in [1.82, 2.24) is 10.3 Å². The number of halogens is 1. The van der Waals surface area contributed by atoms with Crippen LogP contribution in [0.1, 0.15) is 24.0 Å². The van der Waals surface area contributed by atoms with Crippen LogP contribution in [-0.2, 0) is 13.1 Å². The molecule has 0 radical (unpaired) electrons. The van der Waals surface area contributed by atoms with E-state index in [0.717, 1.165) is 18.1 Å². The SMILES string of the molecule is CN(Cc1ccc(Cl)cc1)c1cnccc1CNC1CC1. The Balaban J connectivity index is 1.70. The van der Waals surface area contributed by atoms with E-state index in [2.05, 4.69) is 40.4 Å². The Morgan fingerprint density at radius 1 is 1.24 bits per heavy atom. The molecule has 0 unspecified atom stereocenters. The maximum absolute atomic E-state index is 5.94. The van der Waals surface area contributed by atoms with Crippen molar-refractivity contribution >= 4 is 17.3 Å². The van der Waals surface area contributed by atoms with Gasteiger partial charge in [-0.15, -0.1) is 0 Å². The normalized spacial score (nSPS) is 14.2. The van der Waals surface area contributed by atoms with Gasteiger partial charge >= 0.3 is 0 Å². The van der Waals surface area contributed by atoms with Crippen molar-refractivity contribution in [3.8, 4) is 0 Å². The lowest BCUT2D eigenvalue weighted by molar-refractivity contribution is 0.684. The minimum absolute atomic E-state index is 0.715. The molecule has 1 aliphatic rings. The number of nitrogens with zero attached hydrogens (tertiary/aromatic N) is 2. The third kappa shape index (κ3) is 3.96. The number of pyridine rings is 1. The predicted molar refractivity (Wildman–Crippen MR) is 87.7 cm³/mol. The number of hydrogen-bond acceptors (Lipinski definition) is 3. The second kappa shape index (κ2) is 6.46. The van der Waals surface area contributed by atoms with Crippen molar-refractivity contribution in [2.45, 2.75) is 32.0 Å². The van der Waals surface area contributed by atoms with Crippen molar-refractivity contribution in [2.75, 3.05) is 11.9 Å². The predicted octanol–water partition coefficient (Wildman–Crippen LogP) is 3.62. The molecular formula is C17H20ClN3. The van der Waals surface area contributed by atoms with E-state index >= 15 is 0 Å². The third-order valence-corrected chi connectivity index (χ3v) is 4.04. The molecule has 110 valence electrons. The second-order valence-electron chi connectivity index (χ2n) is 5.64. The molecule has 1 N–H and O–H groups in total. The summed E-state index contributed by atoms with van der Waals surface area (Å²) >= 11 is 5.94. The molecule has 1 aromatic heterocycles. The highest BCUT2D eigenvalue weighted by Gasteiger charge is 2.20. The van der Waals surface area contributed by atoms with Gasteiger partial charge in [0, 0.05) is 37.4 Å². The van der Waals surface area contributed by atoms with Gasteiger partial charge < -0.3 is 10.2 Å². The van der Waals surface area contributed by atoms with E-state index in [4.69, 9.17) is 11.6 Å². The highest BCUT2D eigenvalue weighted by atomic mass is 35.5. The minimum atomic E-state index is 0.715. The topological polar surface area (TPSA) is 28.2 Å². The first-order valence-corrected chi connectivity index (χ1v) is 7.72. The van der Waals surface area contributed by atoms with Gasteiger partial charge in [-0.05, 0) is 42.2 Å². The molecule has 0 bridgehead atoms. The fraction of sp³-hybridized carbons (Fsp3) is 0.353. The van der Waals surface area contributed by atoms with Gasteiger partial charge in [0.25, 0.3) is 0 Å². The molecule has 0 atom stereocenters. The molecule has 1 heterocycles. The first-order valence-electron chi connectivity index (χ1n) is 7.34. The largest absolute Gasteiger partial charge is 0.369 e. The summed E-state index contributed by atoms with van der Waals surface area (Å²) in [7, 11) is 2.10. The number of rotatable bonds is 6. The Morgan fingerprint density at radius 3 is 2.71 bits per heavy atom. The van der Waals surface area contributed by atoms with Gasteiger partial charge in [-0.3, -0.25) is 4.98 Å². The Labute approximate surface area is 131 Å². The monoisotopic (exact) mass is 301 g/mol. The maximum Gasteiger partial charge on any atom is 0.0598 e. The van der Waals surface area contributed by atoms with E-state index in [1.807, 2.05) is 24.5 Å². The molecule has 0 saturated heterocycles. The fourth-order valence-corrected chi connectivity index (χ4v) is 2.52. The van der Waals surface area contributed by atoms with Gasteiger partial charge in [0.15, 0.2) is 0 Å². The average molecular weight is 302 g/mol. The van der Waals surface area contributed by atoms with Gasteiger partial charge in [0.05, 0.1) is 11.9 Å². The highest BCUT2D eigenvalue weighted by Crippen LogP contribution is 2.23. The van der Waals surface area contributed by atoms with Crippen LogP contribution >= 0.6 is 11.6 Å². The summed E-state index contributed by atoms with van der Waals surface area (Å²) in [4.78, 5) is 6.51. The lowest BCUT2D eigenvalue weighted by Crippen LogP contribution is -2.21. The van der Waals surface area contributed by atoms with E-state index in [1.54, 1.807) is 0 Å². The molecule has 0 spiro atoms. The summed E-state index contributed by atoms with van der Waals surface area (Å²) < 4.78 is 0. The van der Waals surface area contributed by atoms with E-state index in [1.165, 1.54) is 29.7 Å². The van der Waals surface area contributed by atoms with Gasteiger partial charge in [0.1, 0.15) is 0 Å². The zero-order valence-electron chi connectivity index (χ0n) is 12.2. The van der Waals surface area contributed by atoms with Crippen LogP contribution in [0, 0.1) is 0 Å². The minimum Gasteiger partial charge on any atom is -0.369 e. The number of benzene rings is 1. The molecule has 21 heavy (non-hydrogen) atoms. The Bertz CT molecular complexity index is 593. The molecule has 1 saturated carbocycles. The van der Waals surface area contributed by atoms with Crippen LogP contribution in [0.5, 0.6) is 0 Å². The third-order valence-electron chi connectivity index (χ3n) is 3.79. The molecule has 4 heteroatoms. The van der Waals surface area contributed by atoms with E-state index < -0.39 is 0 Å². The zero-order chi connectivity index (χ0) is 14.7. The lowest BCUT2D eigenvalue weighted by atomic mass is 10.1. The summed E-state index contributed by atoms with van der Waals surface area (Å²) in [6.07, 6.45) is 6.42. The number of hydrogen-bond donors (Lipinski definition) is 1. The van der Waals surface area contributed by atoms with Crippen LogP contribution in [0.15, 0.2) is 42.7 Å². The summed E-state index contributed by atoms with van der Waals surface area (Å²) in [5.74, 6) is 0. The zero-order valence-corrected chi connectivity index (χ0v) is 13.0. The summed E-state index contributed by atoms with van der Waals surface area (Å²) in [6, 6.07) is 10.8. The molecule has 3 rings (SSSR count). The average Bonchev–Trinajstić information content (AvgIpc) is 3.32. The Morgan fingerprint density at radius 2 is 2.00 bits per heavy atom. The lowest BCUT2D eigenvalue weighted by Gasteiger charge is -2.22. The molecule has 0 aliphatic heterocycles. The Hall–Kier alpha value is -1.58. The van der Waals surface area contributed by atoms with Gasteiger partial charge in [-0.1, -0.05) is 23.7 Å². The van der Waals surface area contributed by atoms with Crippen molar-refractivity contribution in [3.63, 3.8) is 0 Å².